The zero-order valence-corrected chi connectivity index (χ0v) is 15.3. The Morgan fingerprint density at radius 1 is 1.11 bits per heavy atom. The summed E-state index contributed by atoms with van der Waals surface area (Å²) in [5.41, 5.74) is 2.92. The lowest BCUT2D eigenvalue weighted by molar-refractivity contribution is -0.169. The Morgan fingerprint density at radius 3 is 2.70 bits per heavy atom. The Morgan fingerprint density at radius 2 is 1.93 bits per heavy atom. The smallest absolute Gasteiger partial charge is 0.171 e. The van der Waals surface area contributed by atoms with Gasteiger partial charge in [0.15, 0.2) is 11.6 Å². The summed E-state index contributed by atoms with van der Waals surface area (Å²) < 4.78 is 18.9. The molecule has 0 aliphatic carbocycles. The van der Waals surface area contributed by atoms with E-state index >= 15 is 0 Å². The summed E-state index contributed by atoms with van der Waals surface area (Å²) in [6.45, 7) is 3.10. The van der Waals surface area contributed by atoms with Crippen LogP contribution in [0, 0.1) is 0 Å². The molecule has 0 saturated carbocycles. The van der Waals surface area contributed by atoms with Crippen LogP contribution in [0.15, 0.2) is 42.7 Å². The highest BCUT2D eigenvalue weighted by molar-refractivity contribution is 5.75. The molecular formula is C20H22N4O3. The third kappa shape index (κ3) is 2.93. The number of methoxy groups -OCH3 is 1. The van der Waals surface area contributed by atoms with Gasteiger partial charge in [0.2, 0.25) is 0 Å². The van der Waals surface area contributed by atoms with Gasteiger partial charge in [0.05, 0.1) is 26.0 Å². The van der Waals surface area contributed by atoms with Gasteiger partial charge in [-0.1, -0.05) is 12.1 Å². The molecule has 2 fully saturated rings. The molecule has 0 amide bonds. The summed E-state index contributed by atoms with van der Waals surface area (Å²) in [4.78, 5) is 6.94. The molecule has 7 heteroatoms. The molecule has 1 spiro atoms. The molecule has 140 valence electrons. The number of fused-ring (bicyclic) bond motifs is 1. The highest BCUT2D eigenvalue weighted by Gasteiger charge is 2.40. The van der Waals surface area contributed by atoms with Crippen molar-refractivity contribution in [2.75, 3.05) is 38.3 Å². The van der Waals surface area contributed by atoms with Gasteiger partial charge in [0.1, 0.15) is 11.3 Å². The van der Waals surface area contributed by atoms with E-state index in [0.29, 0.717) is 13.2 Å². The number of piperidine rings is 1. The first-order valence-electron chi connectivity index (χ1n) is 9.28. The average Bonchev–Trinajstić information content (AvgIpc) is 3.36. The van der Waals surface area contributed by atoms with Gasteiger partial charge in [-0.3, -0.25) is 0 Å². The number of ether oxygens (including phenoxy) is 3. The molecule has 0 unspecified atom stereocenters. The highest BCUT2D eigenvalue weighted by atomic mass is 16.7. The molecular weight excluding hydrogens is 344 g/mol. The van der Waals surface area contributed by atoms with Crippen molar-refractivity contribution in [2.24, 2.45) is 0 Å². The Labute approximate surface area is 157 Å². The van der Waals surface area contributed by atoms with Crippen LogP contribution in [0.1, 0.15) is 12.8 Å². The Hall–Kier alpha value is -2.64. The van der Waals surface area contributed by atoms with Gasteiger partial charge in [-0.05, 0) is 18.2 Å². The van der Waals surface area contributed by atoms with Crippen LogP contribution in [0.3, 0.4) is 0 Å². The molecule has 2 saturated heterocycles. The Kier molecular flexibility index (Phi) is 3.98. The number of nitrogens with zero attached hydrogens (tertiary/aromatic N) is 4. The fourth-order valence-corrected chi connectivity index (χ4v) is 3.92. The van der Waals surface area contributed by atoms with Crippen LogP contribution in [0.5, 0.6) is 5.75 Å². The van der Waals surface area contributed by atoms with E-state index in [2.05, 4.69) is 16.0 Å². The second-order valence-electron chi connectivity index (χ2n) is 6.94. The number of hydrogen-bond acceptors (Lipinski definition) is 6. The summed E-state index contributed by atoms with van der Waals surface area (Å²) >= 11 is 0. The van der Waals surface area contributed by atoms with Crippen molar-refractivity contribution in [3.05, 3.63) is 42.7 Å². The van der Waals surface area contributed by atoms with Crippen molar-refractivity contribution in [2.45, 2.75) is 18.6 Å². The van der Waals surface area contributed by atoms with E-state index in [9.17, 15) is 0 Å². The lowest BCUT2D eigenvalue weighted by Crippen LogP contribution is -2.45. The topological polar surface area (TPSA) is 61.1 Å². The van der Waals surface area contributed by atoms with Crippen molar-refractivity contribution >= 4 is 11.3 Å². The van der Waals surface area contributed by atoms with Crippen LogP contribution in [-0.4, -0.2) is 53.8 Å². The van der Waals surface area contributed by atoms with E-state index in [1.54, 1.807) is 13.3 Å². The van der Waals surface area contributed by atoms with Gasteiger partial charge in [0.25, 0.3) is 0 Å². The molecule has 2 aliphatic rings. The minimum Gasteiger partial charge on any atom is -0.497 e. The molecule has 2 aromatic heterocycles. The van der Waals surface area contributed by atoms with Crippen LogP contribution >= 0.6 is 0 Å². The van der Waals surface area contributed by atoms with Gasteiger partial charge in [-0.15, -0.1) is 0 Å². The van der Waals surface area contributed by atoms with E-state index in [0.717, 1.165) is 54.3 Å². The maximum Gasteiger partial charge on any atom is 0.171 e. The van der Waals surface area contributed by atoms with Gasteiger partial charge in [-0.25, -0.2) is 9.50 Å². The van der Waals surface area contributed by atoms with Crippen molar-refractivity contribution in [3.63, 3.8) is 0 Å². The first-order chi connectivity index (χ1) is 13.3. The van der Waals surface area contributed by atoms with Gasteiger partial charge in [-0.2, -0.15) is 5.10 Å². The van der Waals surface area contributed by atoms with E-state index in [1.807, 2.05) is 35.0 Å². The predicted molar refractivity (Wildman–Crippen MR) is 101 cm³/mol. The molecule has 1 aromatic carbocycles. The van der Waals surface area contributed by atoms with Crippen LogP contribution in [-0.2, 0) is 9.47 Å². The van der Waals surface area contributed by atoms with Crippen molar-refractivity contribution in [1.82, 2.24) is 14.6 Å². The molecule has 0 radical (unpaired) electrons. The number of anilines is 1. The normalized spacial score (nSPS) is 19.1. The van der Waals surface area contributed by atoms with Crippen LogP contribution < -0.4 is 9.64 Å². The Bertz CT molecular complexity index is 955. The number of hydrogen-bond donors (Lipinski definition) is 0. The van der Waals surface area contributed by atoms with E-state index < -0.39 is 0 Å². The van der Waals surface area contributed by atoms with Gasteiger partial charge in [0, 0.05) is 43.9 Å². The van der Waals surface area contributed by atoms with Gasteiger partial charge < -0.3 is 19.1 Å². The molecule has 3 aromatic rings. The van der Waals surface area contributed by atoms with Crippen LogP contribution in [0.25, 0.3) is 16.8 Å². The SMILES string of the molecule is COc1cccc(-c2cc3c(N4CCC5(CC4)OCCO5)nccn3n2)c1. The van der Waals surface area contributed by atoms with Crippen LogP contribution in [0.2, 0.25) is 0 Å². The summed E-state index contributed by atoms with van der Waals surface area (Å²) in [6.07, 6.45) is 5.40. The second kappa shape index (κ2) is 6.51. The molecule has 0 bridgehead atoms. The number of aromatic nitrogens is 3. The second-order valence-corrected chi connectivity index (χ2v) is 6.94. The third-order valence-corrected chi connectivity index (χ3v) is 5.37. The van der Waals surface area contributed by atoms with Crippen molar-refractivity contribution in [1.29, 1.82) is 0 Å². The molecule has 27 heavy (non-hydrogen) atoms. The predicted octanol–water partition coefficient (Wildman–Crippen LogP) is 2.75. The number of rotatable bonds is 3. The van der Waals surface area contributed by atoms with Crippen molar-refractivity contribution < 1.29 is 14.2 Å². The molecule has 5 rings (SSSR count). The summed E-state index contributed by atoms with van der Waals surface area (Å²) in [5.74, 6) is 1.39. The van der Waals surface area contributed by atoms with Crippen LogP contribution in [0.4, 0.5) is 5.82 Å². The lowest BCUT2D eigenvalue weighted by atomic mass is 10.0. The zero-order chi connectivity index (χ0) is 18.3. The summed E-state index contributed by atoms with van der Waals surface area (Å²) in [7, 11) is 1.67. The van der Waals surface area contributed by atoms with E-state index in [1.165, 1.54) is 0 Å². The molecule has 7 nitrogen and oxygen atoms in total. The maximum atomic E-state index is 5.84. The third-order valence-electron chi connectivity index (χ3n) is 5.37. The largest absolute Gasteiger partial charge is 0.497 e. The number of benzene rings is 1. The monoisotopic (exact) mass is 366 g/mol. The fourth-order valence-electron chi connectivity index (χ4n) is 3.92. The zero-order valence-electron chi connectivity index (χ0n) is 15.3. The summed E-state index contributed by atoms with van der Waals surface area (Å²) in [5, 5.41) is 4.73. The molecule has 0 N–H and O–H groups in total. The van der Waals surface area contributed by atoms with E-state index in [-0.39, 0.29) is 5.79 Å². The summed E-state index contributed by atoms with van der Waals surface area (Å²) in [6, 6.07) is 10.0. The van der Waals surface area contributed by atoms with Crippen molar-refractivity contribution in [3.8, 4) is 17.0 Å². The molecule has 0 atom stereocenters. The first-order valence-corrected chi connectivity index (χ1v) is 9.28. The average molecular weight is 366 g/mol. The fraction of sp³-hybridized carbons (Fsp3) is 0.400. The molecule has 2 aliphatic heterocycles. The van der Waals surface area contributed by atoms with E-state index in [4.69, 9.17) is 19.3 Å². The maximum absolute atomic E-state index is 5.84. The minimum absolute atomic E-state index is 0.381. The highest BCUT2D eigenvalue weighted by Crippen LogP contribution is 2.34. The molecule has 4 heterocycles. The Balaban J connectivity index is 1.46. The van der Waals surface area contributed by atoms with Gasteiger partial charge >= 0.3 is 0 Å². The first kappa shape index (κ1) is 16.5. The quantitative estimate of drug-likeness (QED) is 0.710. The lowest BCUT2D eigenvalue weighted by Gasteiger charge is -2.38. The standard InChI is InChI=1S/C20H22N4O3/c1-25-16-4-2-3-15(13-16)17-14-18-19(21-7-10-24(18)22-17)23-8-5-20(6-9-23)26-11-12-27-20/h2-4,7,10,13-14H,5-6,8-9,11-12H2,1H3. The minimum atomic E-state index is -0.381.